The molecule has 0 spiro atoms. The summed E-state index contributed by atoms with van der Waals surface area (Å²) in [4.78, 5) is 65.7. The van der Waals surface area contributed by atoms with Crippen molar-refractivity contribution in [1.29, 1.82) is 0 Å². The molecule has 1 fully saturated rings. The zero-order valence-corrected chi connectivity index (χ0v) is 20.1. The lowest BCUT2D eigenvalue weighted by Crippen LogP contribution is -2.48. The van der Waals surface area contributed by atoms with Crippen molar-refractivity contribution in [2.45, 2.75) is 38.0 Å². The Labute approximate surface area is 213 Å². The molecule has 0 saturated carbocycles. The van der Waals surface area contributed by atoms with Gasteiger partial charge in [0.25, 0.3) is 17.7 Å². The van der Waals surface area contributed by atoms with Crippen LogP contribution in [0.2, 0.25) is 0 Å². The van der Waals surface area contributed by atoms with Gasteiger partial charge in [-0.25, -0.2) is 4.39 Å². The first-order valence-corrected chi connectivity index (χ1v) is 11.3. The van der Waals surface area contributed by atoms with Gasteiger partial charge >= 0.3 is 6.18 Å². The number of carbonyl (C=O) groups is 5. The number of anilines is 1. The summed E-state index contributed by atoms with van der Waals surface area (Å²) in [5, 5.41) is 9.37. The molecule has 3 rings (SSSR count). The number of hydrogen-bond acceptors (Lipinski definition) is 6. The number of hydrogen-bond donors (Lipinski definition) is 4. The van der Waals surface area contributed by atoms with E-state index >= 15 is 0 Å². The van der Waals surface area contributed by atoms with Gasteiger partial charge in [-0.1, -0.05) is 0 Å². The van der Waals surface area contributed by atoms with E-state index in [1.54, 1.807) is 6.92 Å². The fraction of sp³-hybridized carbons (Fsp3) is 0.333. The summed E-state index contributed by atoms with van der Waals surface area (Å²) in [6.45, 7) is 1.74. The Morgan fingerprint density at radius 2 is 1.84 bits per heavy atom. The van der Waals surface area contributed by atoms with Crippen LogP contribution in [-0.2, 0) is 20.6 Å². The van der Waals surface area contributed by atoms with Crippen LogP contribution in [-0.4, -0.2) is 53.5 Å². The van der Waals surface area contributed by atoms with E-state index in [0.717, 1.165) is 30.5 Å². The van der Waals surface area contributed by atoms with Gasteiger partial charge in [0.05, 0.1) is 17.3 Å². The monoisotopic (exact) mass is 537 g/mol. The van der Waals surface area contributed by atoms with Crippen molar-refractivity contribution < 1.29 is 41.5 Å². The molecule has 38 heavy (non-hydrogen) atoms. The molecular weight excluding hydrogens is 514 g/mol. The molecule has 2 heterocycles. The van der Waals surface area contributed by atoms with Gasteiger partial charge in [0.1, 0.15) is 11.5 Å². The van der Waals surface area contributed by atoms with E-state index in [1.807, 2.05) is 0 Å². The number of halogens is 4. The largest absolute Gasteiger partial charge is 0.433 e. The second-order valence-electron chi connectivity index (χ2n) is 8.62. The third-order valence-corrected chi connectivity index (χ3v) is 5.78. The number of rotatable bonds is 8. The molecule has 1 aromatic heterocycles. The summed E-state index contributed by atoms with van der Waals surface area (Å²) in [5.41, 5.74) is -2.50. The highest BCUT2D eigenvalue weighted by Gasteiger charge is 2.36. The fourth-order valence-electron chi connectivity index (χ4n) is 3.92. The number of nitrogens with one attached hydrogen (secondary N) is 4. The maximum Gasteiger partial charge on any atom is 0.433 e. The molecular formula is C24H23F4N5O5. The maximum atomic E-state index is 14.0. The van der Waals surface area contributed by atoms with Crippen LogP contribution in [0.4, 0.5) is 23.2 Å². The molecule has 0 radical (unpaired) electrons. The van der Waals surface area contributed by atoms with Gasteiger partial charge < -0.3 is 21.3 Å². The summed E-state index contributed by atoms with van der Waals surface area (Å²) < 4.78 is 52.9. The first-order chi connectivity index (χ1) is 17.8. The molecule has 1 aliphatic heterocycles. The van der Waals surface area contributed by atoms with Crippen molar-refractivity contribution >= 4 is 35.1 Å². The number of benzene rings is 1. The number of amides is 4. The molecule has 3 atom stereocenters. The molecule has 4 N–H and O–H groups in total. The molecule has 14 heteroatoms. The minimum atomic E-state index is -4.81. The SMILES string of the molecule is CNC(=O)C(=O)C(C[C@@H]1C[C@@H](C)NC1=O)NC(=O)c1cc(F)ccc1NC(=O)c1ccnc(C(F)(F)F)c1. The number of carbonyl (C=O) groups excluding carboxylic acids is 5. The van der Waals surface area contributed by atoms with Crippen molar-refractivity contribution in [1.82, 2.24) is 20.9 Å². The van der Waals surface area contributed by atoms with Crippen LogP contribution in [0.1, 0.15) is 46.2 Å². The number of alkyl halides is 3. The molecule has 2 aromatic rings. The molecule has 1 saturated heterocycles. The number of likely N-dealkylation sites (N-methyl/N-ethyl adjacent to an activating group) is 1. The van der Waals surface area contributed by atoms with Gasteiger partial charge in [-0.3, -0.25) is 29.0 Å². The van der Waals surface area contributed by atoms with E-state index in [4.69, 9.17) is 0 Å². The molecule has 0 aliphatic carbocycles. The Morgan fingerprint density at radius 1 is 1.13 bits per heavy atom. The Morgan fingerprint density at radius 3 is 2.45 bits per heavy atom. The average Bonchev–Trinajstić information content (AvgIpc) is 3.19. The van der Waals surface area contributed by atoms with Gasteiger partial charge in [-0.2, -0.15) is 13.2 Å². The molecule has 1 aliphatic rings. The smallest absolute Gasteiger partial charge is 0.353 e. The standard InChI is InChI=1S/C24H23F4N5O5/c1-11-7-13(21(36)31-11)8-17(19(34)23(38)29-2)33-22(37)15-10-14(25)3-4-16(15)32-20(35)12-5-6-30-18(9-12)24(26,27)28/h3-6,9-11,13,17H,7-8H2,1-2H3,(H,29,38)(H,31,36)(H,32,35)(H,33,37)/t11-,13+,17?/m1/s1. The zero-order chi connectivity index (χ0) is 28.2. The minimum Gasteiger partial charge on any atom is -0.353 e. The molecule has 1 unspecified atom stereocenters. The van der Waals surface area contributed by atoms with Crippen LogP contribution in [0.3, 0.4) is 0 Å². The third kappa shape index (κ3) is 6.69. The van der Waals surface area contributed by atoms with Crippen molar-refractivity contribution in [3.63, 3.8) is 0 Å². The first kappa shape index (κ1) is 28.2. The predicted molar refractivity (Wildman–Crippen MR) is 124 cm³/mol. The van der Waals surface area contributed by atoms with Crippen LogP contribution in [0.25, 0.3) is 0 Å². The van der Waals surface area contributed by atoms with Crippen LogP contribution in [0.15, 0.2) is 36.5 Å². The minimum absolute atomic E-state index is 0.185. The molecule has 4 amide bonds. The first-order valence-electron chi connectivity index (χ1n) is 11.3. The Hall–Kier alpha value is -4.36. The molecule has 0 bridgehead atoms. The summed E-state index contributed by atoms with van der Waals surface area (Å²) >= 11 is 0. The Balaban J connectivity index is 1.86. The van der Waals surface area contributed by atoms with Gasteiger partial charge in [-0.15, -0.1) is 0 Å². The predicted octanol–water partition coefficient (Wildman–Crippen LogP) is 1.82. The van der Waals surface area contributed by atoms with E-state index in [-0.39, 0.29) is 24.1 Å². The lowest BCUT2D eigenvalue weighted by Gasteiger charge is -2.20. The van der Waals surface area contributed by atoms with E-state index in [0.29, 0.717) is 12.5 Å². The maximum absolute atomic E-state index is 14.0. The summed E-state index contributed by atoms with van der Waals surface area (Å²) in [7, 11) is 1.20. The van der Waals surface area contributed by atoms with Gasteiger partial charge in [0.15, 0.2) is 0 Å². The number of pyridine rings is 1. The highest BCUT2D eigenvalue weighted by Crippen LogP contribution is 2.28. The average molecular weight is 537 g/mol. The van der Waals surface area contributed by atoms with E-state index in [1.165, 1.54) is 7.05 Å². The normalized spacial score (nSPS) is 17.8. The molecule has 10 nitrogen and oxygen atoms in total. The number of nitrogens with zero attached hydrogens (tertiary/aromatic N) is 1. The lowest BCUT2D eigenvalue weighted by atomic mass is 9.93. The number of aromatic nitrogens is 1. The van der Waals surface area contributed by atoms with E-state index in [2.05, 4.69) is 26.3 Å². The number of ketones is 1. The molecule has 1 aromatic carbocycles. The zero-order valence-electron chi connectivity index (χ0n) is 20.1. The van der Waals surface area contributed by atoms with Gasteiger partial charge in [0, 0.05) is 30.8 Å². The van der Waals surface area contributed by atoms with Gasteiger partial charge in [-0.05, 0) is 50.1 Å². The van der Waals surface area contributed by atoms with Crippen LogP contribution in [0, 0.1) is 11.7 Å². The van der Waals surface area contributed by atoms with Crippen LogP contribution in [0.5, 0.6) is 0 Å². The highest BCUT2D eigenvalue weighted by molar-refractivity contribution is 6.38. The lowest BCUT2D eigenvalue weighted by molar-refractivity contribution is -0.141. The van der Waals surface area contributed by atoms with E-state index < -0.39 is 64.3 Å². The Bertz CT molecular complexity index is 1280. The quantitative estimate of drug-likeness (QED) is 0.299. The molecule has 202 valence electrons. The number of Topliss-reactive ketones (excluding diaryl/α,β-unsaturated/α-hetero) is 1. The summed E-state index contributed by atoms with van der Waals surface area (Å²) in [5.74, 6) is -6.15. The Kier molecular flexibility index (Phi) is 8.43. The van der Waals surface area contributed by atoms with Crippen LogP contribution >= 0.6 is 0 Å². The van der Waals surface area contributed by atoms with E-state index in [9.17, 15) is 41.5 Å². The van der Waals surface area contributed by atoms with Crippen molar-refractivity contribution in [3.8, 4) is 0 Å². The highest BCUT2D eigenvalue weighted by atomic mass is 19.4. The van der Waals surface area contributed by atoms with Crippen molar-refractivity contribution in [3.05, 3.63) is 59.2 Å². The second-order valence-corrected chi connectivity index (χ2v) is 8.62. The third-order valence-electron chi connectivity index (χ3n) is 5.78. The summed E-state index contributed by atoms with van der Waals surface area (Å²) in [6.07, 6.45) is -3.90. The second kappa shape index (κ2) is 11.4. The topological polar surface area (TPSA) is 146 Å². The van der Waals surface area contributed by atoms with Crippen LogP contribution < -0.4 is 21.3 Å². The van der Waals surface area contributed by atoms with Gasteiger partial charge in [0.2, 0.25) is 11.7 Å². The fourth-order valence-corrected chi connectivity index (χ4v) is 3.92. The van der Waals surface area contributed by atoms with Crippen molar-refractivity contribution in [2.24, 2.45) is 5.92 Å². The van der Waals surface area contributed by atoms with Crippen molar-refractivity contribution in [2.75, 3.05) is 12.4 Å². The summed E-state index contributed by atoms with van der Waals surface area (Å²) in [6, 6.07) is 2.52.